The summed E-state index contributed by atoms with van der Waals surface area (Å²) in [5, 5.41) is 25.6. The van der Waals surface area contributed by atoms with Gasteiger partial charge in [-0.2, -0.15) is 8.42 Å². The van der Waals surface area contributed by atoms with E-state index in [0.717, 1.165) is 13.0 Å². The maximum absolute atomic E-state index is 11.0. The molecule has 0 spiro atoms. The van der Waals surface area contributed by atoms with E-state index in [1.165, 1.54) is 28.4 Å². The number of rotatable bonds is 6. The molecular formula is C19H22N6O6S. The SMILES string of the molecule is NS(=O)(=O)OC[C@H]1O[C@@H](n2cnc3c(CN4C=C5CC=CC=C5C4)ncnc32)[C@H](O)[C@@H]1O. The Morgan fingerprint density at radius 2 is 2.06 bits per heavy atom. The molecule has 170 valence electrons. The second-order valence-electron chi connectivity index (χ2n) is 7.85. The van der Waals surface area contributed by atoms with Crippen molar-refractivity contribution in [3.63, 3.8) is 0 Å². The highest BCUT2D eigenvalue weighted by Gasteiger charge is 2.45. The van der Waals surface area contributed by atoms with Gasteiger partial charge in [0.1, 0.15) is 30.2 Å². The number of aliphatic hydroxyl groups excluding tert-OH is 2. The zero-order valence-electron chi connectivity index (χ0n) is 16.9. The van der Waals surface area contributed by atoms with E-state index in [1.807, 2.05) is 0 Å². The number of aliphatic hydroxyl groups is 2. The highest BCUT2D eigenvalue weighted by Crippen LogP contribution is 2.33. The molecule has 0 saturated carbocycles. The van der Waals surface area contributed by atoms with E-state index < -0.39 is 41.5 Å². The maximum Gasteiger partial charge on any atom is 0.333 e. The minimum atomic E-state index is -4.21. The van der Waals surface area contributed by atoms with Crippen LogP contribution in [0.2, 0.25) is 0 Å². The molecular weight excluding hydrogens is 440 g/mol. The fourth-order valence-electron chi connectivity index (χ4n) is 4.15. The summed E-state index contributed by atoms with van der Waals surface area (Å²) in [5.41, 5.74) is 4.24. The van der Waals surface area contributed by atoms with Crippen LogP contribution in [-0.4, -0.2) is 74.5 Å². The van der Waals surface area contributed by atoms with Gasteiger partial charge in [0.05, 0.1) is 25.2 Å². The highest BCUT2D eigenvalue weighted by atomic mass is 32.2. The maximum atomic E-state index is 11.0. The molecule has 1 saturated heterocycles. The minimum Gasteiger partial charge on any atom is -0.387 e. The topological polar surface area (TPSA) is 166 Å². The number of allylic oxidation sites excluding steroid dienone is 3. The molecule has 13 heteroatoms. The van der Waals surface area contributed by atoms with Crippen molar-refractivity contribution < 1.29 is 27.6 Å². The van der Waals surface area contributed by atoms with Crippen LogP contribution in [0.4, 0.5) is 0 Å². The van der Waals surface area contributed by atoms with E-state index in [2.05, 4.69) is 48.5 Å². The van der Waals surface area contributed by atoms with Crippen molar-refractivity contribution in [2.75, 3.05) is 13.2 Å². The molecule has 1 fully saturated rings. The van der Waals surface area contributed by atoms with Gasteiger partial charge in [-0.1, -0.05) is 18.2 Å². The summed E-state index contributed by atoms with van der Waals surface area (Å²) in [6, 6.07) is 0. The Hall–Kier alpha value is -2.68. The number of imidazole rings is 1. The number of hydrogen-bond acceptors (Lipinski definition) is 10. The fraction of sp³-hybridized carbons (Fsp3) is 0.421. The fourth-order valence-corrected chi connectivity index (χ4v) is 4.47. The first kappa shape index (κ1) is 21.2. The Bertz CT molecular complexity index is 1240. The van der Waals surface area contributed by atoms with Crippen LogP contribution in [0.5, 0.6) is 0 Å². The summed E-state index contributed by atoms with van der Waals surface area (Å²) in [7, 11) is -4.21. The third-order valence-electron chi connectivity index (χ3n) is 5.69. The van der Waals surface area contributed by atoms with Crippen LogP contribution < -0.4 is 5.14 Å². The molecule has 0 unspecified atom stereocenters. The Balaban J connectivity index is 1.37. The standard InChI is InChI=1S/C19H22N6O6S/c20-32(28,29)30-8-14-16(26)17(27)19(31-14)25-10-23-15-13(21-9-22-18(15)25)7-24-5-11-3-1-2-4-12(11)6-24/h1-3,6,9-10,14,16-17,19,26-27H,4-5,7-8H2,(H2,20,28,29)/t14-,16-,17-,19-/m1/s1. The van der Waals surface area contributed by atoms with Crippen molar-refractivity contribution in [2.24, 2.45) is 5.14 Å². The third-order valence-corrected chi connectivity index (χ3v) is 6.16. The van der Waals surface area contributed by atoms with Gasteiger partial charge in [0.15, 0.2) is 11.9 Å². The summed E-state index contributed by atoms with van der Waals surface area (Å²) >= 11 is 0. The van der Waals surface area contributed by atoms with Gasteiger partial charge in [0, 0.05) is 12.7 Å². The monoisotopic (exact) mass is 462 g/mol. The minimum absolute atomic E-state index is 0.421. The number of nitrogens with zero attached hydrogens (tertiary/aromatic N) is 5. The predicted octanol–water partition coefficient (Wildman–Crippen LogP) is -0.749. The number of hydrogen-bond donors (Lipinski definition) is 3. The van der Waals surface area contributed by atoms with Crippen LogP contribution >= 0.6 is 0 Å². The van der Waals surface area contributed by atoms with Crippen molar-refractivity contribution in [2.45, 2.75) is 37.5 Å². The Morgan fingerprint density at radius 1 is 1.22 bits per heavy atom. The van der Waals surface area contributed by atoms with E-state index in [4.69, 9.17) is 9.88 Å². The Morgan fingerprint density at radius 3 is 2.84 bits per heavy atom. The molecule has 3 aliphatic rings. The summed E-state index contributed by atoms with van der Waals surface area (Å²) in [5.74, 6) is 0. The number of fused-ring (bicyclic) bond motifs is 2. The zero-order chi connectivity index (χ0) is 22.5. The van der Waals surface area contributed by atoms with Crippen molar-refractivity contribution in [1.82, 2.24) is 24.4 Å². The molecule has 0 aromatic carbocycles. The first-order valence-corrected chi connectivity index (χ1v) is 11.4. The Labute approximate surface area is 183 Å². The van der Waals surface area contributed by atoms with Crippen LogP contribution in [0, 0.1) is 0 Å². The van der Waals surface area contributed by atoms with Crippen LogP contribution in [-0.2, 0) is 25.8 Å². The second kappa shape index (κ2) is 8.03. The first-order valence-electron chi connectivity index (χ1n) is 9.96. The normalized spacial score (nSPS) is 27.7. The van der Waals surface area contributed by atoms with Gasteiger partial charge >= 0.3 is 10.3 Å². The van der Waals surface area contributed by atoms with Gasteiger partial charge in [-0.25, -0.2) is 20.1 Å². The molecule has 4 heterocycles. The molecule has 5 rings (SSSR count). The molecule has 0 amide bonds. The molecule has 0 bridgehead atoms. The lowest BCUT2D eigenvalue weighted by Crippen LogP contribution is -2.35. The van der Waals surface area contributed by atoms with Crippen LogP contribution in [0.3, 0.4) is 0 Å². The number of nitrogens with two attached hydrogens (primary N) is 1. The molecule has 4 atom stereocenters. The number of aromatic nitrogens is 4. The highest BCUT2D eigenvalue weighted by molar-refractivity contribution is 7.84. The molecule has 12 nitrogen and oxygen atoms in total. The number of ether oxygens (including phenoxy) is 1. The lowest BCUT2D eigenvalue weighted by molar-refractivity contribution is -0.0467. The van der Waals surface area contributed by atoms with E-state index in [0.29, 0.717) is 23.4 Å². The summed E-state index contributed by atoms with van der Waals surface area (Å²) in [6.07, 6.45) is 7.28. The zero-order valence-corrected chi connectivity index (χ0v) is 17.7. The molecule has 4 N–H and O–H groups in total. The quantitative estimate of drug-likeness (QED) is 0.497. The molecule has 32 heavy (non-hydrogen) atoms. The van der Waals surface area contributed by atoms with Crippen LogP contribution in [0.15, 0.2) is 48.2 Å². The largest absolute Gasteiger partial charge is 0.387 e. The summed E-state index contributed by atoms with van der Waals surface area (Å²) in [6.45, 7) is 0.779. The summed E-state index contributed by atoms with van der Waals surface area (Å²) in [4.78, 5) is 15.2. The summed E-state index contributed by atoms with van der Waals surface area (Å²) < 4.78 is 33.7. The van der Waals surface area contributed by atoms with Crippen LogP contribution in [0.25, 0.3) is 11.2 Å². The molecule has 1 aliphatic carbocycles. The Kier molecular flexibility index (Phi) is 5.31. The van der Waals surface area contributed by atoms with Crippen molar-refractivity contribution in [1.29, 1.82) is 0 Å². The van der Waals surface area contributed by atoms with Gasteiger partial charge in [-0.05, 0) is 17.6 Å². The van der Waals surface area contributed by atoms with Crippen molar-refractivity contribution in [3.05, 3.63) is 53.9 Å². The predicted molar refractivity (Wildman–Crippen MR) is 111 cm³/mol. The average Bonchev–Trinajstić information content (AvgIpc) is 3.43. The molecule has 2 aromatic rings. The third kappa shape index (κ3) is 3.94. The van der Waals surface area contributed by atoms with Gasteiger partial charge in [-0.3, -0.25) is 8.75 Å². The van der Waals surface area contributed by atoms with Gasteiger partial charge < -0.3 is 19.8 Å². The lowest BCUT2D eigenvalue weighted by atomic mass is 10.0. The molecule has 2 aliphatic heterocycles. The van der Waals surface area contributed by atoms with E-state index >= 15 is 0 Å². The van der Waals surface area contributed by atoms with Crippen molar-refractivity contribution in [3.8, 4) is 0 Å². The molecule has 2 aromatic heterocycles. The average molecular weight is 462 g/mol. The van der Waals surface area contributed by atoms with E-state index in [-0.39, 0.29) is 0 Å². The van der Waals surface area contributed by atoms with Crippen LogP contribution in [0.1, 0.15) is 18.3 Å². The lowest BCUT2D eigenvalue weighted by Gasteiger charge is -2.17. The van der Waals surface area contributed by atoms with Gasteiger partial charge in [-0.15, -0.1) is 0 Å². The first-order chi connectivity index (χ1) is 15.3. The van der Waals surface area contributed by atoms with E-state index in [9.17, 15) is 18.6 Å². The van der Waals surface area contributed by atoms with Gasteiger partial charge in [0.2, 0.25) is 0 Å². The van der Waals surface area contributed by atoms with E-state index in [1.54, 1.807) is 0 Å². The van der Waals surface area contributed by atoms with Gasteiger partial charge in [0.25, 0.3) is 0 Å². The van der Waals surface area contributed by atoms with Crippen molar-refractivity contribution >= 4 is 21.5 Å². The second-order valence-corrected chi connectivity index (χ2v) is 9.07. The smallest absolute Gasteiger partial charge is 0.333 e. The molecule has 0 radical (unpaired) electrons.